The highest BCUT2D eigenvalue weighted by molar-refractivity contribution is 5.90. The quantitative estimate of drug-likeness (QED) is 0.912. The van der Waals surface area contributed by atoms with E-state index in [2.05, 4.69) is 16.5 Å². The molecule has 116 valence electrons. The molecule has 1 aliphatic heterocycles. The summed E-state index contributed by atoms with van der Waals surface area (Å²) in [5.74, 6) is 0.775. The molecule has 2 aromatic rings. The Balaban J connectivity index is 1.76. The van der Waals surface area contributed by atoms with Crippen molar-refractivity contribution in [3.05, 3.63) is 46.8 Å². The summed E-state index contributed by atoms with van der Waals surface area (Å²) in [6.07, 6.45) is 1.91. The molecular weight excluding hydrogens is 278 g/mol. The lowest BCUT2D eigenvalue weighted by Crippen LogP contribution is -2.34. The van der Waals surface area contributed by atoms with Gasteiger partial charge in [-0.2, -0.15) is 0 Å². The van der Waals surface area contributed by atoms with Crippen LogP contribution in [0.4, 0.5) is 10.5 Å². The first-order valence-electron chi connectivity index (χ1n) is 7.62. The molecule has 3 rings (SSSR count). The van der Waals surface area contributed by atoms with Gasteiger partial charge in [-0.25, -0.2) is 4.79 Å². The third kappa shape index (κ3) is 2.84. The highest BCUT2D eigenvalue weighted by atomic mass is 16.5. The van der Waals surface area contributed by atoms with Crippen LogP contribution in [-0.4, -0.2) is 22.6 Å². The van der Waals surface area contributed by atoms with E-state index in [1.165, 1.54) is 5.56 Å². The predicted octanol–water partition coefficient (Wildman–Crippen LogP) is 3.97. The third-order valence-corrected chi connectivity index (χ3v) is 4.12. The molecule has 0 spiro atoms. The number of nitrogens with zero attached hydrogens (tertiary/aromatic N) is 2. The van der Waals surface area contributed by atoms with Gasteiger partial charge in [-0.3, -0.25) is 0 Å². The van der Waals surface area contributed by atoms with Crippen LogP contribution in [0.1, 0.15) is 41.5 Å². The number of benzene rings is 1. The Morgan fingerprint density at radius 2 is 2.14 bits per heavy atom. The molecular formula is C17H21N3O2. The summed E-state index contributed by atoms with van der Waals surface area (Å²) in [6.45, 7) is 6.66. The van der Waals surface area contributed by atoms with E-state index in [1.807, 2.05) is 43.9 Å². The van der Waals surface area contributed by atoms with Gasteiger partial charge in [-0.1, -0.05) is 22.9 Å². The van der Waals surface area contributed by atoms with E-state index in [1.54, 1.807) is 0 Å². The van der Waals surface area contributed by atoms with E-state index >= 15 is 0 Å². The summed E-state index contributed by atoms with van der Waals surface area (Å²) >= 11 is 0. The van der Waals surface area contributed by atoms with Crippen molar-refractivity contribution in [1.82, 2.24) is 10.1 Å². The minimum absolute atomic E-state index is 0.00297. The van der Waals surface area contributed by atoms with Gasteiger partial charge in [-0.15, -0.1) is 0 Å². The molecule has 2 heterocycles. The van der Waals surface area contributed by atoms with Gasteiger partial charge < -0.3 is 14.7 Å². The first kappa shape index (κ1) is 14.6. The molecule has 0 saturated carbocycles. The molecule has 0 unspecified atom stereocenters. The highest BCUT2D eigenvalue weighted by Gasteiger charge is 2.32. The van der Waals surface area contributed by atoms with Crippen molar-refractivity contribution in [2.75, 3.05) is 11.9 Å². The zero-order valence-corrected chi connectivity index (χ0v) is 13.2. The predicted molar refractivity (Wildman–Crippen MR) is 84.9 cm³/mol. The summed E-state index contributed by atoms with van der Waals surface area (Å²) in [7, 11) is 0. The number of amides is 2. The van der Waals surface area contributed by atoms with Crippen LogP contribution in [0.3, 0.4) is 0 Å². The summed E-state index contributed by atoms with van der Waals surface area (Å²) < 4.78 is 5.15. The van der Waals surface area contributed by atoms with Crippen LogP contribution in [0.2, 0.25) is 0 Å². The molecule has 1 N–H and O–H groups in total. The first-order chi connectivity index (χ1) is 10.5. The molecule has 1 aliphatic rings. The van der Waals surface area contributed by atoms with Crippen molar-refractivity contribution in [3.8, 4) is 0 Å². The van der Waals surface area contributed by atoms with Crippen LogP contribution in [0.25, 0.3) is 0 Å². The van der Waals surface area contributed by atoms with Crippen LogP contribution in [0.15, 0.2) is 28.8 Å². The maximum atomic E-state index is 12.6. The molecule has 0 aliphatic carbocycles. The third-order valence-electron chi connectivity index (χ3n) is 4.12. The second-order valence-corrected chi connectivity index (χ2v) is 5.96. The average molecular weight is 299 g/mol. The summed E-state index contributed by atoms with van der Waals surface area (Å²) in [5.41, 5.74) is 3.96. The largest absolute Gasteiger partial charge is 0.361 e. The normalized spacial score (nSPS) is 17.8. The van der Waals surface area contributed by atoms with Gasteiger partial charge >= 0.3 is 6.03 Å². The van der Waals surface area contributed by atoms with Crippen molar-refractivity contribution in [2.45, 2.75) is 39.7 Å². The second kappa shape index (κ2) is 5.83. The number of likely N-dealkylation sites (tertiary alicyclic amines) is 1. The van der Waals surface area contributed by atoms with Crippen molar-refractivity contribution in [2.24, 2.45) is 0 Å². The number of nitrogens with one attached hydrogen (secondary N) is 1. The lowest BCUT2D eigenvalue weighted by Gasteiger charge is -2.23. The number of carbonyl (C=O) groups is 1. The fourth-order valence-electron chi connectivity index (χ4n) is 3.00. The fourth-order valence-corrected chi connectivity index (χ4v) is 3.00. The summed E-state index contributed by atoms with van der Waals surface area (Å²) in [4.78, 5) is 14.4. The zero-order valence-electron chi connectivity index (χ0n) is 13.2. The van der Waals surface area contributed by atoms with E-state index in [9.17, 15) is 4.79 Å². The zero-order chi connectivity index (χ0) is 15.7. The topological polar surface area (TPSA) is 58.4 Å². The number of urea groups is 1. The van der Waals surface area contributed by atoms with Crippen LogP contribution in [-0.2, 0) is 0 Å². The molecule has 1 aromatic carbocycles. The van der Waals surface area contributed by atoms with Crippen LogP contribution in [0.5, 0.6) is 0 Å². The number of hydrogen-bond donors (Lipinski definition) is 1. The Kier molecular flexibility index (Phi) is 3.88. The van der Waals surface area contributed by atoms with E-state index in [-0.39, 0.29) is 12.1 Å². The lowest BCUT2D eigenvalue weighted by molar-refractivity contribution is 0.204. The number of aromatic nitrogens is 1. The molecule has 1 atom stereocenters. The molecule has 0 bridgehead atoms. The van der Waals surface area contributed by atoms with Gasteiger partial charge in [0.1, 0.15) is 11.5 Å². The second-order valence-electron chi connectivity index (χ2n) is 5.96. The van der Waals surface area contributed by atoms with E-state index < -0.39 is 0 Å². The van der Waals surface area contributed by atoms with Crippen molar-refractivity contribution < 1.29 is 9.32 Å². The molecule has 5 heteroatoms. The highest BCUT2D eigenvalue weighted by Crippen LogP contribution is 2.32. The minimum atomic E-state index is -0.0740. The Bertz CT molecular complexity index is 693. The first-order valence-corrected chi connectivity index (χ1v) is 7.62. The lowest BCUT2D eigenvalue weighted by atomic mass is 10.1. The molecule has 0 radical (unpaired) electrons. The Morgan fingerprint density at radius 3 is 2.82 bits per heavy atom. The Labute approximate surface area is 130 Å². The molecule has 1 aromatic heterocycles. The Hall–Kier alpha value is -2.30. The molecule has 5 nitrogen and oxygen atoms in total. The van der Waals surface area contributed by atoms with Crippen molar-refractivity contribution in [3.63, 3.8) is 0 Å². The maximum absolute atomic E-state index is 12.6. The van der Waals surface area contributed by atoms with Crippen LogP contribution >= 0.6 is 0 Å². The summed E-state index contributed by atoms with van der Waals surface area (Å²) in [5, 5.41) is 7.08. The smallest absolute Gasteiger partial charge is 0.322 e. The SMILES string of the molecule is Cc1ccc(NC(=O)N2CCC[C@@H]2c2cc(C)on2)c(C)c1. The van der Waals surface area contributed by atoms with Gasteiger partial charge in [0, 0.05) is 18.3 Å². The van der Waals surface area contributed by atoms with Crippen LogP contribution < -0.4 is 5.32 Å². The summed E-state index contributed by atoms with van der Waals surface area (Å²) in [6, 6.07) is 7.86. The maximum Gasteiger partial charge on any atom is 0.322 e. The van der Waals surface area contributed by atoms with Gasteiger partial charge in [-0.05, 0) is 45.2 Å². The average Bonchev–Trinajstić information content (AvgIpc) is 3.10. The van der Waals surface area contributed by atoms with Gasteiger partial charge in [0.05, 0.1) is 6.04 Å². The number of hydrogen-bond acceptors (Lipinski definition) is 3. The monoisotopic (exact) mass is 299 g/mol. The van der Waals surface area contributed by atoms with Crippen LogP contribution in [0, 0.1) is 20.8 Å². The van der Waals surface area contributed by atoms with E-state index in [0.717, 1.165) is 42.1 Å². The van der Waals surface area contributed by atoms with Gasteiger partial charge in [0.2, 0.25) is 0 Å². The number of rotatable bonds is 2. The van der Waals surface area contributed by atoms with Crippen molar-refractivity contribution in [1.29, 1.82) is 0 Å². The number of aryl methyl sites for hydroxylation is 3. The molecule has 1 saturated heterocycles. The molecule has 2 amide bonds. The van der Waals surface area contributed by atoms with E-state index in [4.69, 9.17) is 4.52 Å². The van der Waals surface area contributed by atoms with Gasteiger partial charge in [0.15, 0.2) is 0 Å². The van der Waals surface area contributed by atoms with E-state index in [0.29, 0.717) is 0 Å². The fraction of sp³-hybridized carbons (Fsp3) is 0.412. The molecule has 1 fully saturated rings. The molecule has 22 heavy (non-hydrogen) atoms. The standard InChI is InChI=1S/C17H21N3O2/c1-11-6-7-14(12(2)9-11)18-17(21)20-8-4-5-16(20)15-10-13(3)22-19-15/h6-7,9-10,16H,4-5,8H2,1-3H3,(H,18,21)/t16-/m1/s1. The number of carbonyl (C=O) groups excluding carboxylic acids is 1. The number of anilines is 1. The van der Waals surface area contributed by atoms with Crippen molar-refractivity contribution >= 4 is 11.7 Å². The van der Waals surface area contributed by atoms with Gasteiger partial charge in [0.25, 0.3) is 0 Å². The Morgan fingerprint density at radius 1 is 1.32 bits per heavy atom. The minimum Gasteiger partial charge on any atom is -0.361 e.